The number of rotatable bonds is 3. The van der Waals surface area contributed by atoms with Gasteiger partial charge in [0.1, 0.15) is 11.4 Å². The van der Waals surface area contributed by atoms with Crippen LogP contribution in [0.4, 0.5) is 59.7 Å². The summed E-state index contributed by atoms with van der Waals surface area (Å²) in [5, 5.41) is 10.2. The van der Waals surface area contributed by atoms with Crippen LogP contribution in [0.15, 0.2) is 48.0 Å². The summed E-state index contributed by atoms with van der Waals surface area (Å²) in [6.07, 6.45) is -10.9. The zero-order valence-electron chi connectivity index (χ0n) is 27.2. The second kappa shape index (κ2) is 12.1. The number of fused-ring (bicyclic) bond motifs is 4. The van der Waals surface area contributed by atoms with E-state index in [4.69, 9.17) is 23.2 Å². The van der Waals surface area contributed by atoms with Crippen LogP contribution in [0.3, 0.4) is 0 Å². The number of nitrogens with zero attached hydrogens (tertiary/aromatic N) is 2. The Kier molecular flexibility index (Phi) is 8.51. The molecule has 55 heavy (non-hydrogen) atoms. The maximum Gasteiger partial charge on any atom is 0.416 e. The predicted molar refractivity (Wildman–Crippen MR) is 168 cm³/mol. The van der Waals surface area contributed by atoms with E-state index in [9.17, 15) is 63.8 Å². The van der Waals surface area contributed by atoms with E-state index in [1.165, 1.54) is 25.1 Å². The molecule has 3 fully saturated rings. The Morgan fingerprint density at radius 2 is 1.27 bits per heavy atom. The van der Waals surface area contributed by atoms with Crippen molar-refractivity contribution in [3.8, 4) is 5.75 Å². The van der Waals surface area contributed by atoms with Crippen molar-refractivity contribution in [3.63, 3.8) is 0 Å². The number of amides is 4. The van der Waals surface area contributed by atoms with Crippen molar-refractivity contribution >= 4 is 58.2 Å². The van der Waals surface area contributed by atoms with Crippen molar-refractivity contribution in [1.29, 1.82) is 0 Å². The number of phenolic OH excluding ortho intramolecular Hbond substituents is 1. The number of hydrogen-bond acceptors (Lipinski definition) is 5. The monoisotopic (exact) mass is 826 g/mol. The first-order valence-corrected chi connectivity index (χ1v) is 16.6. The summed E-state index contributed by atoms with van der Waals surface area (Å²) in [7, 11) is 0. The number of imide groups is 2. The number of phenols is 1. The molecule has 0 bridgehead atoms. The van der Waals surface area contributed by atoms with Gasteiger partial charge in [0.2, 0.25) is 17.6 Å². The first-order chi connectivity index (χ1) is 25.4. The van der Waals surface area contributed by atoms with Crippen LogP contribution >= 0.6 is 23.2 Å². The third-order valence-corrected chi connectivity index (χ3v) is 12.0. The highest BCUT2D eigenvalue weighted by atomic mass is 35.5. The van der Waals surface area contributed by atoms with Gasteiger partial charge in [-0.2, -0.15) is 26.3 Å². The molecule has 2 aliphatic heterocycles. The van der Waals surface area contributed by atoms with Crippen molar-refractivity contribution in [3.05, 3.63) is 99.4 Å². The Bertz CT molecular complexity index is 2250. The topological polar surface area (TPSA) is 95.0 Å². The van der Waals surface area contributed by atoms with Gasteiger partial charge in [-0.15, -0.1) is 23.2 Å². The van der Waals surface area contributed by atoms with Gasteiger partial charge < -0.3 is 5.11 Å². The lowest BCUT2D eigenvalue weighted by Gasteiger charge is -2.50. The molecular weight excluding hydrogens is 808 g/mol. The fraction of sp³-hybridized carbons (Fsp3) is 0.314. The molecule has 2 saturated heterocycles. The highest BCUT2D eigenvalue weighted by molar-refractivity contribution is 6.58. The number of carbonyl (C=O) groups excluding carboxylic acids is 4. The largest absolute Gasteiger partial charge is 0.508 e. The van der Waals surface area contributed by atoms with Crippen molar-refractivity contribution in [1.82, 2.24) is 0 Å². The predicted octanol–water partition coefficient (Wildman–Crippen LogP) is 8.20. The van der Waals surface area contributed by atoms with Gasteiger partial charge in [-0.1, -0.05) is 23.8 Å². The molecule has 7 nitrogen and oxygen atoms in total. The number of aryl methyl sites for hydroxylation is 1. The van der Waals surface area contributed by atoms with E-state index >= 15 is 8.78 Å². The number of aromatic hydroxyl groups is 1. The maximum atomic E-state index is 15.2. The summed E-state index contributed by atoms with van der Waals surface area (Å²) in [5.41, 5.74) is -6.78. The summed E-state index contributed by atoms with van der Waals surface area (Å²) >= 11 is 14.0. The van der Waals surface area contributed by atoms with Crippen LogP contribution in [0, 0.1) is 53.8 Å². The SMILES string of the molecule is Cc1cc([C@H]2C3=CC[C@@H]4C(=O)N(c5cc(C(F)(F)F)cc(C(F)(F)F)c5)C(=O)[C@@H]4[C@@H]3C[C@@]3(Cl)C(=O)N(c4c(F)c(F)c(F)c(F)c4F)C(=O)[C@@]23Cl)ccc1O. The van der Waals surface area contributed by atoms with E-state index in [1.807, 2.05) is 0 Å². The first-order valence-electron chi connectivity index (χ1n) is 15.8. The molecule has 2 aliphatic carbocycles. The lowest BCUT2D eigenvalue weighted by atomic mass is 9.56. The van der Waals surface area contributed by atoms with Gasteiger partial charge in [-0.25, -0.2) is 31.8 Å². The average Bonchev–Trinajstić information content (AvgIpc) is 3.45. The maximum absolute atomic E-state index is 15.2. The fourth-order valence-electron chi connectivity index (χ4n) is 8.12. The number of hydrogen-bond donors (Lipinski definition) is 1. The molecule has 0 unspecified atom stereocenters. The number of alkyl halides is 8. The van der Waals surface area contributed by atoms with Crippen LogP contribution < -0.4 is 9.80 Å². The smallest absolute Gasteiger partial charge is 0.416 e. The summed E-state index contributed by atoms with van der Waals surface area (Å²) in [6, 6.07) is 3.63. The molecule has 20 heteroatoms. The molecule has 290 valence electrons. The van der Waals surface area contributed by atoms with Crippen LogP contribution in [0.5, 0.6) is 5.75 Å². The Balaban J connectivity index is 1.41. The molecule has 0 spiro atoms. The third-order valence-electron chi connectivity index (χ3n) is 10.6. The van der Waals surface area contributed by atoms with Crippen LogP contribution in [-0.4, -0.2) is 38.5 Å². The van der Waals surface area contributed by atoms with Crippen LogP contribution in [0.1, 0.15) is 41.0 Å². The molecule has 3 aromatic carbocycles. The van der Waals surface area contributed by atoms with Gasteiger partial charge >= 0.3 is 12.4 Å². The van der Waals surface area contributed by atoms with E-state index in [0.29, 0.717) is 0 Å². The van der Waals surface area contributed by atoms with Gasteiger partial charge in [-0.05, 0) is 61.1 Å². The van der Waals surface area contributed by atoms with E-state index < -0.39 is 139 Å². The van der Waals surface area contributed by atoms with E-state index in [2.05, 4.69) is 0 Å². The molecule has 4 aliphatic rings. The normalized spacial score (nSPS) is 28.1. The Morgan fingerprint density at radius 3 is 1.80 bits per heavy atom. The molecule has 1 saturated carbocycles. The highest BCUT2D eigenvalue weighted by Crippen LogP contribution is 2.66. The van der Waals surface area contributed by atoms with Crippen molar-refractivity contribution < 1.29 is 72.6 Å². The van der Waals surface area contributed by atoms with Gasteiger partial charge in [0.15, 0.2) is 33.0 Å². The van der Waals surface area contributed by atoms with Gasteiger partial charge in [0.05, 0.1) is 28.7 Å². The number of anilines is 2. The number of carbonyl (C=O) groups is 4. The number of allylic oxidation sites excluding steroid dienone is 2. The first kappa shape index (κ1) is 38.6. The van der Waals surface area contributed by atoms with Crippen molar-refractivity contribution in [2.45, 2.75) is 47.8 Å². The molecule has 1 N–H and O–H groups in total. The Hall–Kier alpha value is -4.71. The number of halogens is 13. The fourth-order valence-corrected chi connectivity index (χ4v) is 9.06. The van der Waals surface area contributed by atoms with Gasteiger partial charge in [0.25, 0.3) is 11.8 Å². The van der Waals surface area contributed by atoms with Crippen molar-refractivity contribution in [2.24, 2.45) is 17.8 Å². The average molecular weight is 827 g/mol. The molecule has 0 aromatic heterocycles. The lowest BCUT2D eigenvalue weighted by molar-refractivity contribution is -0.143. The molecule has 7 rings (SSSR count). The molecule has 6 atom stereocenters. The molecular formula is C35H19Cl2F11N2O5. The second-order valence-electron chi connectivity index (χ2n) is 13.5. The van der Waals surface area contributed by atoms with Crippen LogP contribution in [-0.2, 0) is 31.5 Å². The van der Waals surface area contributed by atoms with Crippen LogP contribution in [0.2, 0.25) is 0 Å². The Labute approximate surface area is 310 Å². The second-order valence-corrected chi connectivity index (χ2v) is 14.8. The minimum Gasteiger partial charge on any atom is -0.508 e. The standard InChI is InChI=1S/C35H19Cl2F11N2O5/c1-11-6-12(2-5-19(11)51)21-16-3-4-17-20(29(53)49(28(17)52)15-8-13(34(43,44)45)7-14(9-15)35(46,47)48)18(16)10-32(36)30(54)50(31(55)33(21,32)37)27-25(41)23(39)22(38)24(40)26(27)42/h2-3,5-9,17-18,20-21,51H,4,10H2,1H3/t17-,18+,20-,21-,32+,33-/m0/s1. The molecule has 0 radical (unpaired) electrons. The zero-order valence-corrected chi connectivity index (χ0v) is 28.7. The van der Waals surface area contributed by atoms with Gasteiger partial charge in [-0.3, -0.25) is 19.2 Å². The van der Waals surface area contributed by atoms with E-state index in [1.54, 1.807) is 0 Å². The van der Waals surface area contributed by atoms with E-state index in [0.717, 1.165) is 6.07 Å². The third kappa shape index (κ3) is 5.22. The molecule has 4 amide bonds. The summed E-state index contributed by atoms with van der Waals surface area (Å²) < 4.78 is 156. The van der Waals surface area contributed by atoms with Crippen LogP contribution in [0.25, 0.3) is 0 Å². The minimum atomic E-state index is -5.37. The summed E-state index contributed by atoms with van der Waals surface area (Å²) in [5.74, 6) is -25.9. The highest BCUT2D eigenvalue weighted by Gasteiger charge is 2.77. The van der Waals surface area contributed by atoms with Crippen molar-refractivity contribution in [2.75, 3.05) is 9.80 Å². The summed E-state index contributed by atoms with van der Waals surface area (Å²) in [4.78, 5) is 50.4. The molecule has 2 heterocycles. The molecule has 3 aromatic rings. The summed E-state index contributed by atoms with van der Waals surface area (Å²) in [6.45, 7) is 1.38. The zero-order chi connectivity index (χ0) is 40.6. The minimum absolute atomic E-state index is 0.0407. The Morgan fingerprint density at radius 1 is 0.727 bits per heavy atom. The lowest BCUT2D eigenvalue weighted by Crippen LogP contribution is -2.60. The quantitative estimate of drug-likeness (QED) is 0.0718. The van der Waals surface area contributed by atoms with Gasteiger partial charge in [0, 0.05) is 5.92 Å². The number of benzene rings is 3. The van der Waals surface area contributed by atoms with E-state index in [-0.39, 0.29) is 45.5 Å².